The summed E-state index contributed by atoms with van der Waals surface area (Å²) in [5.41, 5.74) is 0.747. The van der Waals surface area contributed by atoms with Gasteiger partial charge in [0.2, 0.25) is 0 Å². The third-order valence-corrected chi connectivity index (χ3v) is 5.41. The molecule has 1 saturated carbocycles. The van der Waals surface area contributed by atoms with E-state index in [1.165, 1.54) is 30.9 Å². The molecule has 1 unspecified atom stereocenters. The van der Waals surface area contributed by atoms with E-state index in [1.54, 1.807) is 0 Å². The van der Waals surface area contributed by atoms with E-state index in [0.29, 0.717) is 5.92 Å². The Morgan fingerprint density at radius 2 is 1.75 bits per heavy atom. The van der Waals surface area contributed by atoms with Crippen LogP contribution in [-0.4, -0.2) is 18.8 Å². The van der Waals surface area contributed by atoms with E-state index < -0.39 is 13.7 Å². The van der Waals surface area contributed by atoms with Crippen LogP contribution in [0.1, 0.15) is 39.0 Å². The molecule has 0 heterocycles. The maximum Gasteiger partial charge on any atom is 0.0709 e. The molecular formula is C14H28OSi. The maximum absolute atomic E-state index is 10.8. The Morgan fingerprint density at radius 3 is 2.12 bits per heavy atom. The van der Waals surface area contributed by atoms with Gasteiger partial charge in [-0.25, -0.2) is 0 Å². The van der Waals surface area contributed by atoms with Crippen molar-refractivity contribution in [3.05, 3.63) is 12.2 Å². The van der Waals surface area contributed by atoms with Gasteiger partial charge in [0.15, 0.2) is 0 Å². The Hall–Kier alpha value is -0.0831. The molecule has 0 aliphatic heterocycles. The number of rotatable bonds is 4. The van der Waals surface area contributed by atoms with E-state index in [2.05, 4.69) is 33.1 Å². The molecule has 2 heteroatoms. The number of aliphatic hydroxyl groups is 1. The van der Waals surface area contributed by atoms with Gasteiger partial charge in [0.1, 0.15) is 0 Å². The molecular weight excluding hydrogens is 212 g/mol. The highest BCUT2D eigenvalue weighted by atomic mass is 28.3. The zero-order valence-corrected chi connectivity index (χ0v) is 12.5. The summed E-state index contributed by atoms with van der Waals surface area (Å²) in [5.74, 6) is 0.333. The molecule has 94 valence electrons. The lowest BCUT2D eigenvalue weighted by atomic mass is 9.74. The zero-order chi connectivity index (χ0) is 12.4. The van der Waals surface area contributed by atoms with Gasteiger partial charge >= 0.3 is 0 Å². The molecule has 1 aliphatic carbocycles. The molecule has 0 radical (unpaired) electrons. The van der Waals surface area contributed by atoms with E-state index in [-0.39, 0.29) is 0 Å². The summed E-state index contributed by atoms with van der Waals surface area (Å²) in [6.45, 7) is 13.4. The first-order chi connectivity index (χ1) is 7.25. The molecule has 1 aliphatic rings. The molecule has 1 N–H and O–H groups in total. The van der Waals surface area contributed by atoms with Crippen molar-refractivity contribution in [1.29, 1.82) is 0 Å². The minimum atomic E-state index is -1.13. The average Bonchev–Trinajstić information content (AvgIpc) is 2.13. The van der Waals surface area contributed by atoms with Gasteiger partial charge in [0, 0.05) is 14.0 Å². The van der Waals surface area contributed by atoms with Crippen molar-refractivity contribution in [3.8, 4) is 0 Å². The average molecular weight is 240 g/mol. The lowest BCUT2D eigenvalue weighted by molar-refractivity contribution is -0.0310. The predicted molar refractivity (Wildman–Crippen MR) is 74.5 cm³/mol. The summed E-state index contributed by atoms with van der Waals surface area (Å²) in [5, 5.41) is 10.8. The van der Waals surface area contributed by atoms with Gasteiger partial charge in [-0.15, -0.1) is 0 Å². The Kier molecular flexibility index (Phi) is 4.41. The maximum atomic E-state index is 10.8. The largest absolute Gasteiger partial charge is 0.389 e. The Balaban J connectivity index is 2.79. The van der Waals surface area contributed by atoms with Crippen LogP contribution in [0.25, 0.3) is 0 Å². The van der Waals surface area contributed by atoms with Crippen LogP contribution in [0.15, 0.2) is 12.2 Å². The van der Waals surface area contributed by atoms with Crippen molar-refractivity contribution in [1.82, 2.24) is 0 Å². The van der Waals surface area contributed by atoms with Crippen molar-refractivity contribution in [3.63, 3.8) is 0 Å². The Morgan fingerprint density at radius 1 is 1.25 bits per heavy atom. The fraction of sp³-hybridized carbons (Fsp3) is 0.857. The highest BCUT2D eigenvalue weighted by Gasteiger charge is 2.40. The van der Waals surface area contributed by atoms with Crippen LogP contribution in [0.3, 0.4) is 0 Å². The fourth-order valence-electron chi connectivity index (χ4n) is 2.95. The third-order valence-electron chi connectivity index (χ3n) is 3.78. The summed E-state index contributed by atoms with van der Waals surface area (Å²) >= 11 is 0. The van der Waals surface area contributed by atoms with Gasteiger partial charge < -0.3 is 5.11 Å². The van der Waals surface area contributed by atoms with Crippen molar-refractivity contribution in [2.24, 2.45) is 5.92 Å². The first kappa shape index (κ1) is 14.0. The molecule has 0 amide bonds. The molecule has 1 nitrogen and oxygen atoms in total. The van der Waals surface area contributed by atoms with Gasteiger partial charge in [-0.2, -0.15) is 0 Å². The molecule has 0 bridgehead atoms. The molecule has 1 fully saturated rings. The molecule has 0 saturated heterocycles. The van der Waals surface area contributed by atoms with Crippen LogP contribution in [0.2, 0.25) is 25.7 Å². The minimum absolute atomic E-state index is 0.333. The summed E-state index contributed by atoms with van der Waals surface area (Å²) in [6.07, 6.45) is 5.63. The predicted octanol–water partition coefficient (Wildman–Crippen LogP) is 4.21. The standard InChI is InChI=1S/C14H28OSi/c1-12(2)13(11-16(3,4)5)14(15)9-7-6-8-10-14/h13,15H,1,6-11H2,2-5H3. The van der Waals surface area contributed by atoms with E-state index in [9.17, 15) is 5.11 Å². The second-order valence-electron chi connectivity index (χ2n) is 6.83. The quantitative estimate of drug-likeness (QED) is 0.576. The van der Waals surface area contributed by atoms with Crippen molar-refractivity contribution in [2.75, 3.05) is 0 Å². The SMILES string of the molecule is C=C(C)C(C[Si](C)(C)C)C1(O)CCCCC1. The molecule has 16 heavy (non-hydrogen) atoms. The summed E-state index contributed by atoms with van der Waals surface area (Å²) < 4.78 is 0. The van der Waals surface area contributed by atoms with Crippen molar-refractivity contribution < 1.29 is 5.11 Å². The molecule has 0 aromatic carbocycles. The second-order valence-corrected chi connectivity index (χ2v) is 12.4. The van der Waals surface area contributed by atoms with Gasteiger partial charge in [-0.1, -0.05) is 51.1 Å². The molecule has 0 aromatic rings. The van der Waals surface area contributed by atoms with Crippen LogP contribution in [0.5, 0.6) is 0 Å². The van der Waals surface area contributed by atoms with E-state index >= 15 is 0 Å². The molecule has 1 rings (SSSR count). The molecule has 1 atom stereocenters. The highest BCUT2D eigenvalue weighted by Crippen LogP contribution is 2.41. The van der Waals surface area contributed by atoms with Gasteiger partial charge in [-0.05, 0) is 25.8 Å². The van der Waals surface area contributed by atoms with Gasteiger partial charge in [0.25, 0.3) is 0 Å². The summed E-state index contributed by atoms with van der Waals surface area (Å²) in [6, 6.07) is 1.18. The van der Waals surface area contributed by atoms with Crippen molar-refractivity contribution in [2.45, 2.75) is 70.3 Å². The highest BCUT2D eigenvalue weighted by molar-refractivity contribution is 6.76. The fourth-order valence-corrected chi connectivity index (χ4v) is 4.90. The van der Waals surface area contributed by atoms with Crippen molar-refractivity contribution >= 4 is 8.07 Å². The number of hydrogen-bond acceptors (Lipinski definition) is 1. The van der Waals surface area contributed by atoms with Gasteiger partial charge in [0.05, 0.1) is 5.60 Å². The minimum Gasteiger partial charge on any atom is -0.389 e. The Labute approximate surface area is 102 Å². The monoisotopic (exact) mass is 240 g/mol. The summed E-state index contributed by atoms with van der Waals surface area (Å²) in [4.78, 5) is 0. The normalized spacial score (nSPS) is 22.8. The smallest absolute Gasteiger partial charge is 0.0709 e. The lowest BCUT2D eigenvalue weighted by Crippen LogP contribution is -2.43. The molecule has 0 aromatic heterocycles. The van der Waals surface area contributed by atoms with Crippen LogP contribution < -0.4 is 0 Å². The van der Waals surface area contributed by atoms with E-state index in [0.717, 1.165) is 12.8 Å². The van der Waals surface area contributed by atoms with Crippen LogP contribution >= 0.6 is 0 Å². The second kappa shape index (κ2) is 5.05. The molecule has 0 spiro atoms. The van der Waals surface area contributed by atoms with Gasteiger partial charge in [-0.3, -0.25) is 0 Å². The first-order valence-electron chi connectivity index (χ1n) is 6.62. The topological polar surface area (TPSA) is 20.2 Å². The summed E-state index contributed by atoms with van der Waals surface area (Å²) in [7, 11) is -1.13. The third kappa shape index (κ3) is 3.74. The first-order valence-corrected chi connectivity index (χ1v) is 10.3. The van der Waals surface area contributed by atoms with E-state index in [1.807, 2.05) is 0 Å². The van der Waals surface area contributed by atoms with E-state index in [4.69, 9.17) is 0 Å². The van der Waals surface area contributed by atoms with Crippen LogP contribution in [0, 0.1) is 5.92 Å². The van der Waals surface area contributed by atoms with Crippen LogP contribution in [-0.2, 0) is 0 Å². The zero-order valence-electron chi connectivity index (χ0n) is 11.5. The lowest BCUT2D eigenvalue weighted by Gasteiger charge is -2.42. The Bertz CT molecular complexity index is 246. The number of hydrogen-bond donors (Lipinski definition) is 1. The van der Waals surface area contributed by atoms with Crippen LogP contribution in [0.4, 0.5) is 0 Å².